The zero-order valence-corrected chi connectivity index (χ0v) is 15.1. The van der Waals surface area contributed by atoms with E-state index in [1.807, 2.05) is 16.7 Å². The van der Waals surface area contributed by atoms with Crippen molar-refractivity contribution in [3.63, 3.8) is 0 Å². The van der Waals surface area contributed by atoms with Crippen LogP contribution in [0.2, 0.25) is 0 Å². The van der Waals surface area contributed by atoms with Crippen molar-refractivity contribution in [1.82, 2.24) is 9.80 Å². The third kappa shape index (κ3) is 4.48. The van der Waals surface area contributed by atoms with E-state index < -0.39 is 5.97 Å². The molecule has 1 aliphatic heterocycles. The number of hydrogen-bond donors (Lipinski definition) is 1. The molecule has 1 saturated heterocycles. The molecule has 1 heterocycles. The van der Waals surface area contributed by atoms with Gasteiger partial charge >= 0.3 is 5.97 Å². The molecule has 1 aliphatic carbocycles. The Morgan fingerprint density at radius 1 is 1.25 bits per heavy atom. The highest BCUT2D eigenvalue weighted by atomic mass is 16.5. The van der Waals surface area contributed by atoms with Gasteiger partial charge in [-0.15, -0.1) is 0 Å². The first-order valence-corrected chi connectivity index (χ1v) is 9.26. The van der Waals surface area contributed by atoms with Crippen molar-refractivity contribution >= 4 is 11.9 Å². The maximum Gasteiger partial charge on any atom is 0.317 e. The van der Waals surface area contributed by atoms with E-state index >= 15 is 0 Å². The third-order valence-corrected chi connectivity index (χ3v) is 5.81. The molecule has 0 unspecified atom stereocenters. The molecule has 6 heteroatoms. The number of methoxy groups -OCH3 is 1. The minimum Gasteiger partial charge on any atom is -0.480 e. The van der Waals surface area contributed by atoms with Crippen LogP contribution in [-0.2, 0) is 14.3 Å². The monoisotopic (exact) mass is 340 g/mol. The Kier molecular flexibility index (Phi) is 7.04. The molecule has 1 amide bonds. The lowest BCUT2D eigenvalue weighted by Crippen LogP contribution is -2.51. The number of aliphatic carboxylic acids is 1. The number of hydrogen-bond acceptors (Lipinski definition) is 4. The highest BCUT2D eigenvalue weighted by Crippen LogP contribution is 2.43. The van der Waals surface area contributed by atoms with E-state index in [1.54, 1.807) is 7.11 Å². The van der Waals surface area contributed by atoms with Gasteiger partial charge in [-0.25, -0.2) is 0 Å². The first-order chi connectivity index (χ1) is 11.5. The topological polar surface area (TPSA) is 70.1 Å². The second kappa shape index (κ2) is 8.81. The lowest BCUT2D eigenvalue weighted by molar-refractivity contribution is -0.146. The Labute approximate surface area is 145 Å². The van der Waals surface area contributed by atoms with Crippen molar-refractivity contribution in [2.45, 2.75) is 57.9 Å². The second-order valence-electron chi connectivity index (χ2n) is 7.21. The molecule has 2 fully saturated rings. The van der Waals surface area contributed by atoms with Crippen molar-refractivity contribution < 1.29 is 19.4 Å². The summed E-state index contributed by atoms with van der Waals surface area (Å²) >= 11 is 0. The molecular formula is C18H32N2O4. The van der Waals surface area contributed by atoms with Crippen molar-refractivity contribution in [1.29, 1.82) is 0 Å². The minimum atomic E-state index is -0.778. The fourth-order valence-electron chi connectivity index (χ4n) is 4.36. The van der Waals surface area contributed by atoms with Gasteiger partial charge in [-0.2, -0.15) is 0 Å². The van der Waals surface area contributed by atoms with Gasteiger partial charge in [0.05, 0.1) is 12.0 Å². The van der Waals surface area contributed by atoms with E-state index in [0.717, 1.165) is 64.6 Å². The van der Waals surface area contributed by atoms with Crippen LogP contribution >= 0.6 is 0 Å². The van der Waals surface area contributed by atoms with Gasteiger partial charge in [-0.05, 0) is 38.6 Å². The first-order valence-electron chi connectivity index (χ1n) is 9.26. The summed E-state index contributed by atoms with van der Waals surface area (Å²) in [7, 11) is 1.69. The van der Waals surface area contributed by atoms with Crippen LogP contribution in [0.1, 0.15) is 51.9 Å². The number of carbonyl (C=O) groups is 2. The lowest BCUT2D eigenvalue weighted by Gasteiger charge is -2.41. The zero-order chi connectivity index (χ0) is 17.6. The largest absolute Gasteiger partial charge is 0.480 e. The molecule has 0 bridgehead atoms. The highest BCUT2D eigenvalue weighted by Gasteiger charge is 2.43. The number of likely N-dealkylation sites (tertiary alicyclic amines) is 1. The number of nitrogens with zero attached hydrogens (tertiary/aromatic N) is 2. The van der Waals surface area contributed by atoms with Gasteiger partial charge in [0.25, 0.3) is 0 Å². The Balaban J connectivity index is 1.92. The molecule has 1 saturated carbocycles. The van der Waals surface area contributed by atoms with Gasteiger partial charge in [0.15, 0.2) is 0 Å². The van der Waals surface area contributed by atoms with Crippen LogP contribution in [0.25, 0.3) is 0 Å². The summed E-state index contributed by atoms with van der Waals surface area (Å²) in [6, 6.07) is 0.272. The quantitative estimate of drug-likeness (QED) is 0.732. The molecule has 0 spiro atoms. The zero-order valence-electron chi connectivity index (χ0n) is 15.1. The maximum absolute atomic E-state index is 13.1. The number of rotatable bonds is 8. The number of likely N-dealkylation sites (N-methyl/N-ethyl adjacent to an activating group) is 1. The van der Waals surface area contributed by atoms with Gasteiger partial charge in [0.1, 0.15) is 0 Å². The van der Waals surface area contributed by atoms with E-state index in [9.17, 15) is 9.59 Å². The second-order valence-corrected chi connectivity index (χ2v) is 7.21. The molecule has 0 aromatic carbocycles. The fourth-order valence-corrected chi connectivity index (χ4v) is 4.36. The van der Waals surface area contributed by atoms with Crippen LogP contribution in [0.4, 0.5) is 0 Å². The van der Waals surface area contributed by atoms with E-state index in [2.05, 4.69) is 0 Å². The van der Waals surface area contributed by atoms with Crippen LogP contribution in [0.3, 0.4) is 0 Å². The number of ether oxygens (including phenoxy) is 1. The predicted octanol–water partition coefficient (Wildman–Crippen LogP) is 1.98. The lowest BCUT2D eigenvalue weighted by atomic mass is 9.81. The van der Waals surface area contributed by atoms with Crippen molar-refractivity contribution in [2.24, 2.45) is 5.41 Å². The standard InChI is InChI=1S/C18H32N2O4/c1-3-19(14-16(21)22)15-6-11-20(12-7-15)17(23)18(10-13-24-2)8-4-5-9-18/h15H,3-14H2,1-2H3,(H,21,22). The minimum absolute atomic E-state index is 0.0902. The van der Waals surface area contributed by atoms with Gasteiger partial charge in [0.2, 0.25) is 5.91 Å². The van der Waals surface area contributed by atoms with Gasteiger partial charge < -0.3 is 14.7 Å². The summed E-state index contributed by atoms with van der Waals surface area (Å²) in [6.07, 6.45) is 6.79. The summed E-state index contributed by atoms with van der Waals surface area (Å²) in [6.45, 7) is 4.96. The van der Waals surface area contributed by atoms with Crippen LogP contribution < -0.4 is 0 Å². The average molecular weight is 340 g/mol. The molecule has 2 aliphatic rings. The van der Waals surface area contributed by atoms with Gasteiger partial charge in [-0.1, -0.05) is 19.8 Å². The maximum atomic E-state index is 13.1. The Hall–Kier alpha value is -1.14. The van der Waals surface area contributed by atoms with Crippen LogP contribution in [0, 0.1) is 5.41 Å². The molecule has 24 heavy (non-hydrogen) atoms. The molecule has 6 nitrogen and oxygen atoms in total. The fraction of sp³-hybridized carbons (Fsp3) is 0.889. The number of carboxylic acid groups (broad SMARTS) is 1. The van der Waals surface area contributed by atoms with E-state index in [1.165, 1.54) is 0 Å². The number of amides is 1. The molecule has 138 valence electrons. The molecule has 0 atom stereocenters. The summed E-state index contributed by atoms with van der Waals surface area (Å²) in [4.78, 5) is 28.1. The number of piperidine rings is 1. The SMILES string of the molecule is CCN(CC(=O)O)C1CCN(C(=O)C2(CCOC)CCCC2)CC1. The number of carbonyl (C=O) groups excluding carboxylic acids is 1. The van der Waals surface area contributed by atoms with Gasteiger partial charge in [0, 0.05) is 32.8 Å². The van der Waals surface area contributed by atoms with Crippen LogP contribution in [0.15, 0.2) is 0 Å². The van der Waals surface area contributed by atoms with Crippen LogP contribution in [0.5, 0.6) is 0 Å². The van der Waals surface area contributed by atoms with Gasteiger partial charge in [-0.3, -0.25) is 14.5 Å². The Morgan fingerprint density at radius 3 is 2.38 bits per heavy atom. The van der Waals surface area contributed by atoms with Crippen molar-refractivity contribution in [3.8, 4) is 0 Å². The van der Waals surface area contributed by atoms with E-state index in [-0.39, 0.29) is 18.0 Å². The van der Waals surface area contributed by atoms with Crippen molar-refractivity contribution in [2.75, 3.05) is 39.9 Å². The normalized spacial score (nSPS) is 21.4. The molecule has 2 rings (SSSR count). The van der Waals surface area contributed by atoms with Crippen LogP contribution in [-0.4, -0.2) is 72.7 Å². The first kappa shape index (κ1) is 19.2. The molecular weight excluding hydrogens is 308 g/mol. The molecule has 0 aromatic heterocycles. The summed E-state index contributed by atoms with van der Waals surface area (Å²) in [5.41, 5.74) is -0.214. The predicted molar refractivity (Wildman–Crippen MR) is 91.9 cm³/mol. The number of carboxylic acids is 1. The van der Waals surface area contributed by atoms with E-state index in [0.29, 0.717) is 12.5 Å². The Morgan fingerprint density at radius 2 is 1.88 bits per heavy atom. The average Bonchev–Trinajstić information content (AvgIpc) is 3.07. The molecule has 1 N–H and O–H groups in total. The summed E-state index contributed by atoms with van der Waals surface area (Å²) < 4.78 is 5.23. The highest BCUT2D eigenvalue weighted by molar-refractivity contribution is 5.83. The summed E-state index contributed by atoms with van der Waals surface area (Å²) in [5, 5.41) is 9.03. The molecule has 0 radical (unpaired) electrons. The Bertz CT molecular complexity index is 427. The third-order valence-electron chi connectivity index (χ3n) is 5.81. The smallest absolute Gasteiger partial charge is 0.317 e. The molecule has 0 aromatic rings. The summed E-state index contributed by atoms with van der Waals surface area (Å²) in [5.74, 6) is -0.475. The van der Waals surface area contributed by atoms with Crippen molar-refractivity contribution in [3.05, 3.63) is 0 Å². The van der Waals surface area contributed by atoms with E-state index in [4.69, 9.17) is 9.84 Å².